The number of carbonyl (C=O) groups excluding carboxylic acids is 1. The zero-order valence-corrected chi connectivity index (χ0v) is 14.8. The van der Waals surface area contributed by atoms with Gasteiger partial charge in [0.1, 0.15) is 0 Å². The Kier molecular flexibility index (Phi) is 5.52. The molecular formula is C15H18ClNO6S. The Morgan fingerprint density at radius 1 is 1.33 bits per heavy atom. The summed E-state index contributed by atoms with van der Waals surface area (Å²) in [5.74, 6) is -2.63. The summed E-state index contributed by atoms with van der Waals surface area (Å²) in [7, 11) is -2.93. The number of halogens is 1. The predicted octanol–water partition coefficient (Wildman–Crippen LogP) is 2.00. The lowest BCUT2D eigenvalue weighted by Crippen LogP contribution is -2.47. The molecule has 0 bridgehead atoms. The number of esters is 1. The number of hydrogen-bond donors (Lipinski definition) is 1. The number of benzene rings is 1. The number of ether oxygens (including phenoxy) is 1. The molecule has 0 spiro atoms. The van der Waals surface area contributed by atoms with Gasteiger partial charge in [0.25, 0.3) is 0 Å². The molecule has 1 saturated heterocycles. The van der Waals surface area contributed by atoms with Gasteiger partial charge < -0.3 is 9.84 Å². The van der Waals surface area contributed by atoms with Crippen LogP contribution in [0.2, 0.25) is 5.02 Å². The third-order valence-electron chi connectivity index (χ3n) is 4.11. The minimum Gasteiger partial charge on any atom is -0.481 e. The van der Waals surface area contributed by atoms with Crippen LogP contribution in [-0.2, 0) is 19.6 Å². The van der Waals surface area contributed by atoms with Gasteiger partial charge in [0.15, 0.2) is 0 Å². The van der Waals surface area contributed by atoms with Gasteiger partial charge in [-0.05, 0) is 38.0 Å². The summed E-state index contributed by atoms with van der Waals surface area (Å²) < 4.78 is 31.8. The molecule has 1 aromatic carbocycles. The molecule has 132 valence electrons. The molecule has 1 aromatic rings. The molecule has 0 amide bonds. The van der Waals surface area contributed by atoms with Gasteiger partial charge in [0.05, 0.1) is 23.5 Å². The summed E-state index contributed by atoms with van der Waals surface area (Å²) in [6.45, 7) is 1.57. The Balaban J connectivity index is 2.50. The normalized spacial score (nSPS) is 22.1. The molecule has 1 fully saturated rings. The highest BCUT2D eigenvalue weighted by Gasteiger charge is 2.39. The number of carboxylic acids is 1. The van der Waals surface area contributed by atoms with Crippen molar-refractivity contribution in [2.45, 2.75) is 30.7 Å². The summed E-state index contributed by atoms with van der Waals surface area (Å²) >= 11 is 5.85. The highest BCUT2D eigenvalue weighted by Crippen LogP contribution is 2.31. The Hall–Kier alpha value is -1.64. The van der Waals surface area contributed by atoms with E-state index in [0.717, 1.165) is 11.4 Å². The van der Waals surface area contributed by atoms with E-state index in [1.807, 2.05) is 0 Å². The summed E-state index contributed by atoms with van der Waals surface area (Å²) in [6, 6.07) is 3.46. The second-order valence-corrected chi connectivity index (χ2v) is 7.96. The van der Waals surface area contributed by atoms with Crippen LogP contribution < -0.4 is 0 Å². The largest absolute Gasteiger partial charge is 0.481 e. The van der Waals surface area contributed by atoms with Crippen molar-refractivity contribution in [3.63, 3.8) is 0 Å². The van der Waals surface area contributed by atoms with Crippen molar-refractivity contribution in [1.29, 1.82) is 0 Å². The van der Waals surface area contributed by atoms with Crippen LogP contribution in [0.4, 0.5) is 0 Å². The highest BCUT2D eigenvalue weighted by molar-refractivity contribution is 7.89. The minimum atomic E-state index is -4.07. The maximum Gasteiger partial charge on any atom is 0.339 e. The van der Waals surface area contributed by atoms with Gasteiger partial charge >= 0.3 is 11.9 Å². The first kappa shape index (κ1) is 18.7. The highest BCUT2D eigenvalue weighted by atomic mass is 35.5. The van der Waals surface area contributed by atoms with E-state index in [4.69, 9.17) is 11.6 Å². The quantitative estimate of drug-likeness (QED) is 0.808. The van der Waals surface area contributed by atoms with Crippen molar-refractivity contribution in [3.05, 3.63) is 28.8 Å². The Labute approximate surface area is 145 Å². The van der Waals surface area contributed by atoms with E-state index in [-0.39, 0.29) is 28.1 Å². The lowest BCUT2D eigenvalue weighted by Gasteiger charge is -2.35. The van der Waals surface area contributed by atoms with Crippen LogP contribution in [0.3, 0.4) is 0 Å². The number of sulfonamides is 1. The fraction of sp³-hybridized carbons (Fsp3) is 0.467. The SMILES string of the molecule is COC(=O)c1cc(Cl)ccc1S(=O)(=O)N1CC(C(=O)O)CCC1C. The van der Waals surface area contributed by atoms with Crippen LogP contribution in [0.5, 0.6) is 0 Å². The number of carboxylic acid groups (broad SMARTS) is 1. The topological polar surface area (TPSA) is 101 Å². The van der Waals surface area contributed by atoms with Crippen LogP contribution >= 0.6 is 11.6 Å². The molecule has 1 heterocycles. The average molecular weight is 376 g/mol. The average Bonchev–Trinajstić information content (AvgIpc) is 2.53. The Morgan fingerprint density at radius 3 is 2.58 bits per heavy atom. The van der Waals surface area contributed by atoms with Crippen LogP contribution in [-0.4, -0.2) is 49.5 Å². The van der Waals surface area contributed by atoms with Gasteiger partial charge in [-0.25, -0.2) is 13.2 Å². The molecule has 2 unspecified atom stereocenters. The van der Waals surface area contributed by atoms with Crippen molar-refractivity contribution in [1.82, 2.24) is 4.31 Å². The summed E-state index contributed by atoms with van der Waals surface area (Å²) in [4.78, 5) is 22.9. The molecular weight excluding hydrogens is 358 g/mol. The molecule has 9 heteroatoms. The number of nitrogens with zero attached hydrogens (tertiary/aromatic N) is 1. The molecule has 2 rings (SSSR count). The third-order valence-corrected chi connectivity index (χ3v) is 6.38. The second-order valence-electron chi connectivity index (χ2n) is 5.67. The smallest absolute Gasteiger partial charge is 0.339 e. The Bertz CT molecular complexity index is 763. The number of piperidine rings is 1. The van der Waals surface area contributed by atoms with Gasteiger partial charge in [-0.15, -0.1) is 0 Å². The van der Waals surface area contributed by atoms with E-state index in [1.165, 1.54) is 18.2 Å². The lowest BCUT2D eigenvalue weighted by molar-refractivity contribution is -0.143. The van der Waals surface area contributed by atoms with E-state index in [9.17, 15) is 23.1 Å². The summed E-state index contributed by atoms with van der Waals surface area (Å²) in [5, 5.41) is 9.38. The fourth-order valence-electron chi connectivity index (χ4n) is 2.73. The molecule has 1 N–H and O–H groups in total. The minimum absolute atomic E-state index is 0.137. The van der Waals surface area contributed by atoms with Crippen molar-refractivity contribution in [2.75, 3.05) is 13.7 Å². The first-order valence-corrected chi connectivity index (χ1v) is 9.12. The molecule has 0 saturated carbocycles. The molecule has 0 aromatic heterocycles. The monoisotopic (exact) mass is 375 g/mol. The predicted molar refractivity (Wildman–Crippen MR) is 86.5 cm³/mol. The van der Waals surface area contributed by atoms with Gasteiger partial charge in [-0.3, -0.25) is 4.79 Å². The number of aliphatic carboxylic acids is 1. The van der Waals surface area contributed by atoms with Crippen molar-refractivity contribution in [2.24, 2.45) is 5.92 Å². The standard InChI is InChI=1S/C15H18ClNO6S/c1-9-3-4-10(14(18)19)8-17(9)24(21,22)13-6-5-11(16)7-12(13)15(20)23-2/h5-7,9-10H,3-4,8H2,1-2H3,(H,18,19). The lowest BCUT2D eigenvalue weighted by atomic mass is 9.96. The molecule has 1 aliphatic heterocycles. The maximum absolute atomic E-state index is 13.0. The fourth-order valence-corrected chi connectivity index (χ4v) is 4.77. The van der Waals surface area contributed by atoms with Crippen LogP contribution in [0.1, 0.15) is 30.1 Å². The molecule has 0 radical (unpaired) electrons. The number of hydrogen-bond acceptors (Lipinski definition) is 5. The third kappa shape index (κ3) is 3.55. The molecule has 1 aliphatic rings. The van der Waals surface area contributed by atoms with E-state index in [2.05, 4.69) is 4.74 Å². The first-order valence-electron chi connectivity index (χ1n) is 7.31. The van der Waals surface area contributed by atoms with E-state index >= 15 is 0 Å². The number of carbonyl (C=O) groups is 2. The molecule has 7 nitrogen and oxygen atoms in total. The van der Waals surface area contributed by atoms with Gasteiger partial charge in [0, 0.05) is 17.6 Å². The first-order chi connectivity index (χ1) is 11.2. The molecule has 24 heavy (non-hydrogen) atoms. The van der Waals surface area contributed by atoms with Crippen LogP contribution in [0.15, 0.2) is 23.1 Å². The van der Waals surface area contributed by atoms with Crippen LogP contribution in [0.25, 0.3) is 0 Å². The number of rotatable bonds is 4. The van der Waals surface area contributed by atoms with E-state index in [0.29, 0.717) is 12.8 Å². The molecule has 2 atom stereocenters. The van der Waals surface area contributed by atoms with Gasteiger partial charge in [0.2, 0.25) is 10.0 Å². The van der Waals surface area contributed by atoms with E-state index < -0.39 is 27.9 Å². The summed E-state index contributed by atoms with van der Waals surface area (Å²) in [5.41, 5.74) is -0.172. The van der Waals surface area contributed by atoms with E-state index in [1.54, 1.807) is 6.92 Å². The zero-order valence-electron chi connectivity index (χ0n) is 13.2. The summed E-state index contributed by atoms with van der Waals surface area (Å²) in [6.07, 6.45) is 0.838. The van der Waals surface area contributed by atoms with Gasteiger partial charge in [-0.1, -0.05) is 11.6 Å². The Morgan fingerprint density at radius 2 is 2.00 bits per heavy atom. The van der Waals surface area contributed by atoms with Gasteiger partial charge in [-0.2, -0.15) is 4.31 Å². The van der Waals surface area contributed by atoms with Crippen molar-refractivity contribution < 1.29 is 27.9 Å². The number of methoxy groups -OCH3 is 1. The van der Waals surface area contributed by atoms with Crippen molar-refractivity contribution >= 4 is 33.6 Å². The van der Waals surface area contributed by atoms with Crippen LogP contribution in [0, 0.1) is 5.92 Å². The maximum atomic E-state index is 13.0. The second kappa shape index (κ2) is 7.08. The molecule has 0 aliphatic carbocycles. The zero-order chi connectivity index (χ0) is 18.1. The van der Waals surface area contributed by atoms with Crippen molar-refractivity contribution in [3.8, 4) is 0 Å².